The monoisotopic (exact) mass is 389 g/mol. The van der Waals surface area contributed by atoms with Gasteiger partial charge < -0.3 is 4.90 Å². The minimum absolute atomic E-state index is 0.0396. The van der Waals surface area contributed by atoms with Crippen LogP contribution in [0.5, 0.6) is 0 Å². The summed E-state index contributed by atoms with van der Waals surface area (Å²) >= 11 is 1.87. The first kappa shape index (κ1) is 19.0. The van der Waals surface area contributed by atoms with E-state index in [0.717, 1.165) is 12.2 Å². The molecule has 3 rings (SSSR count). The van der Waals surface area contributed by atoms with E-state index in [9.17, 15) is 13.2 Å². The number of carbonyl (C=O) groups is 1. The highest BCUT2D eigenvalue weighted by atomic mass is 32.2. The third kappa shape index (κ3) is 4.89. The number of benzene rings is 2. The second-order valence-electron chi connectivity index (χ2n) is 6.32. The summed E-state index contributed by atoms with van der Waals surface area (Å²) in [5, 5.41) is 0.391. The van der Waals surface area contributed by atoms with Crippen molar-refractivity contribution in [3.8, 4) is 0 Å². The Balaban J connectivity index is 1.55. The highest BCUT2D eigenvalue weighted by Gasteiger charge is 2.23. The Morgan fingerprint density at radius 2 is 1.65 bits per heavy atom. The van der Waals surface area contributed by atoms with Gasteiger partial charge in [-0.3, -0.25) is 4.79 Å². The lowest BCUT2D eigenvalue weighted by Crippen LogP contribution is -2.34. The fourth-order valence-corrected chi connectivity index (χ4v) is 5.56. The van der Waals surface area contributed by atoms with Crippen molar-refractivity contribution < 1.29 is 13.2 Å². The quantitative estimate of drug-likeness (QED) is 0.785. The average molecular weight is 390 g/mol. The average Bonchev–Trinajstić information content (AvgIpc) is 2.94. The molecule has 0 radical (unpaired) electrons. The summed E-state index contributed by atoms with van der Waals surface area (Å²) in [6.07, 6.45) is 0.934. The second-order valence-corrected chi connectivity index (χ2v) is 9.74. The molecule has 0 bridgehead atoms. The molecule has 2 aromatic rings. The second kappa shape index (κ2) is 8.73. The van der Waals surface area contributed by atoms with Crippen molar-refractivity contribution in [3.05, 3.63) is 66.2 Å². The van der Waals surface area contributed by atoms with Crippen LogP contribution in [0.1, 0.15) is 23.7 Å². The van der Waals surface area contributed by atoms with Gasteiger partial charge >= 0.3 is 0 Å². The lowest BCUT2D eigenvalue weighted by molar-refractivity contribution is -0.130. The molecule has 0 saturated carbocycles. The molecule has 1 aliphatic heterocycles. The maximum atomic E-state index is 12.5. The number of carbonyl (C=O) groups excluding carboxylic acids is 1. The van der Waals surface area contributed by atoms with Crippen LogP contribution < -0.4 is 0 Å². The maximum Gasteiger partial charge on any atom is 0.223 e. The largest absolute Gasteiger partial charge is 0.342 e. The minimum atomic E-state index is -3.41. The lowest BCUT2D eigenvalue weighted by atomic mass is 10.1. The van der Waals surface area contributed by atoms with Gasteiger partial charge in [-0.15, -0.1) is 0 Å². The van der Waals surface area contributed by atoms with E-state index < -0.39 is 9.84 Å². The Bertz CT molecular complexity index is 823. The Morgan fingerprint density at radius 1 is 1.00 bits per heavy atom. The highest BCUT2D eigenvalue weighted by molar-refractivity contribution is 7.99. The number of nitrogens with zero attached hydrogens (tertiary/aromatic N) is 1. The van der Waals surface area contributed by atoms with Crippen LogP contribution in [0.15, 0.2) is 65.6 Å². The Kier molecular flexibility index (Phi) is 6.38. The van der Waals surface area contributed by atoms with Crippen molar-refractivity contribution in [2.24, 2.45) is 0 Å². The molecule has 2 aromatic carbocycles. The summed E-state index contributed by atoms with van der Waals surface area (Å²) in [7, 11) is -3.41. The molecule has 1 amide bonds. The van der Waals surface area contributed by atoms with Crippen molar-refractivity contribution in [2.45, 2.75) is 23.0 Å². The maximum absolute atomic E-state index is 12.5. The fourth-order valence-electron chi connectivity index (χ4n) is 3.08. The molecular formula is C20H23NO3S2. The van der Waals surface area contributed by atoms with E-state index in [0.29, 0.717) is 18.3 Å². The van der Waals surface area contributed by atoms with Gasteiger partial charge in [-0.25, -0.2) is 8.42 Å². The Morgan fingerprint density at radius 3 is 2.35 bits per heavy atom. The number of thioether (sulfide) groups is 1. The van der Waals surface area contributed by atoms with Crippen LogP contribution in [0.25, 0.3) is 0 Å². The molecule has 1 heterocycles. The summed E-state index contributed by atoms with van der Waals surface area (Å²) in [5.41, 5.74) is 1.29. The summed E-state index contributed by atoms with van der Waals surface area (Å²) in [6, 6.07) is 18.7. The topological polar surface area (TPSA) is 54.5 Å². The zero-order valence-electron chi connectivity index (χ0n) is 14.6. The van der Waals surface area contributed by atoms with Crippen molar-refractivity contribution in [3.63, 3.8) is 0 Å². The molecule has 1 atom stereocenters. The van der Waals surface area contributed by atoms with Crippen LogP contribution in [0, 0.1) is 0 Å². The molecule has 4 nitrogen and oxygen atoms in total. The summed E-state index contributed by atoms with van der Waals surface area (Å²) in [6.45, 7) is 1.36. The number of rotatable bonds is 5. The Hall–Kier alpha value is -1.79. The number of hydrogen-bond acceptors (Lipinski definition) is 4. The molecule has 138 valence electrons. The molecule has 0 N–H and O–H groups in total. The van der Waals surface area contributed by atoms with Gasteiger partial charge in [0.2, 0.25) is 5.91 Å². The normalized spacial score (nSPS) is 18.3. The molecule has 26 heavy (non-hydrogen) atoms. The van der Waals surface area contributed by atoms with Crippen molar-refractivity contribution in [1.82, 2.24) is 4.90 Å². The van der Waals surface area contributed by atoms with E-state index in [1.165, 1.54) is 5.56 Å². The van der Waals surface area contributed by atoms with Crippen LogP contribution in [-0.2, 0) is 14.6 Å². The van der Waals surface area contributed by atoms with Gasteiger partial charge in [0.1, 0.15) is 0 Å². The standard InChI is InChI=1S/C20H23NO3S2/c22-20(12-16-26(23,24)18-9-5-2-6-10-18)21-13-11-19(25-15-14-21)17-7-3-1-4-8-17/h1-10,19H,11-16H2. The summed E-state index contributed by atoms with van der Waals surface area (Å²) < 4.78 is 24.7. The van der Waals surface area contributed by atoms with Gasteiger partial charge in [-0.1, -0.05) is 48.5 Å². The van der Waals surface area contributed by atoms with Crippen LogP contribution in [-0.4, -0.2) is 43.8 Å². The molecule has 1 saturated heterocycles. The van der Waals surface area contributed by atoms with E-state index in [1.54, 1.807) is 30.3 Å². The smallest absolute Gasteiger partial charge is 0.223 e. The van der Waals surface area contributed by atoms with Gasteiger partial charge in [-0.05, 0) is 24.1 Å². The third-order valence-corrected chi connectivity index (χ3v) is 7.61. The zero-order valence-corrected chi connectivity index (χ0v) is 16.2. The minimum Gasteiger partial charge on any atom is -0.342 e. The summed E-state index contributed by atoms with van der Waals surface area (Å²) in [5.74, 6) is 0.664. The highest BCUT2D eigenvalue weighted by Crippen LogP contribution is 2.34. The first-order valence-corrected chi connectivity index (χ1v) is 11.5. The van der Waals surface area contributed by atoms with Gasteiger partial charge in [0, 0.05) is 30.5 Å². The third-order valence-electron chi connectivity index (χ3n) is 4.55. The van der Waals surface area contributed by atoms with E-state index in [-0.39, 0.29) is 23.0 Å². The van der Waals surface area contributed by atoms with Crippen LogP contribution in [0.4, 0.5) is 0 Å². The van der Waals surface area contributed by atoms with E-state index in [4.69, 9.17) is 0 Å². The number of amides is 1. The molecule has 6 heteroatoms. The number of sulfone groups is 1. The molecule has 1 aliphatic rings. The predicted octanol–water partition coefficient (Wildman–Crippen LogP) is 3.56. The predicted molar refractivity (Wildman–Crippen MR) is 106 cm³/mol. The lowest BCUT2D eigenvalue weighted by Gasteiger charge is -2.20. The number of hydrogen-bond donors (Lipinski definition) is 0. The molecule has 0 aliphatic carbocycles. The van der Waals surface area contributed by atoms with Crippen molar-refractivity contribution in [1.29, 1.82) is 0 Å². The van der Waals surface area contributed by atoms with Crippen molar-refractivity contribution >= 4 is 27.5 Å². The molecular weight excluding hydrogens is 366 g/mol. The molecule has 1 unspecified atom stereocenters. The van der Waals surface area contributed by atoms with Gasteiger partial charge in [0.15, 0.2) is 9.84 Å². The van der Waals surface area contributed by atoms with Gasteiger partial charge in [-0.2, -0.15) is 11.8 Å². The van der Waals surface area contributed by atoms with Gasteiger partial charge in [0.25, 0.3) is 0 Å². The molecule has 0 aromatic heterocycles. The van der Waals surface area contributed by atoms with Crippen LogP contribution in [0.2, 0.25) is 0 Å². The SMILES string of the molecule is O=C(CCS(=O)(=O)c1ccccc1)N1CCSC(c2ccccc2)CC1. The zero-order chi connectivity index (χ0) is 18.4. The molecule has 0 spiro atoms. The summed E-state index contributed by atoms with van der Waals surface area (Å²) in [4.78, 5) is 14.6. The fraction of sp³-hybridized carbons (Fsp3) is 0.350. The first-order chi connectivity index (χ1) is 12.6. The van der Waals surface area contributed by atoms with Gasteiger partial charge in [0.05, 0.1) is 10.6 Å². The van der Waals surface area contributed by atoms with E-state index in [2.05, 4.69) is 12.1 Å². The first-order valence-electron chi connectivity index (χ1n) is 8.78. The van der Waals surface area contributed by atoms with Crippen LogP contribution >= 0.6 is 11.8 Å². The van der Waals surface area contributed by atoms with Crippen molar-refractivity contribution in [2.75, 3.05) is 24.6 Å². The van der Waals surface area contributed by atoms with E-state index >= 15 is 0 Å². The van der Waals surface area contributed by atoms with Crippen LogP contribution in [0.3, 0.4) is 0 Å². The van der Waals surface area contributed by atoms with E-state index in [1.807, 2.05) is 34.9 Å². The Labute approximate surface area is 159 Å². The molecule has 1 fully saturated rings.